The van der Waals surface area contributed by atoms with Gasteiger partial charge in [-0.3, -0.25) is 4.98 Å². The molecule has 13 rings (SSSR count). The third kappa shape index (κ3) is 6.74. The summed E-state index contributed by atoms with van der Waals surface area (Å²) >= 11 is 0. The number of hydrogen-bond acceptors (Lipinski definition) is 4. The Labute approximate surface area is 392 Å². The summed E-state index contributed by atoms with van der Waals surface area (Å²) in [5, 5.41) is 4.80. The first-order valence-corrected chi connectivity index (χ1v) is 22.9. The zero-order chi connectivity index (χ0) is 45.0. The third-order valence-corrected chi connectivity index (χ3v) is 13.0. The summed E-state index contributed by atoms with van der Waals surface area (Å²) in [6.07, 6.45) is 2.00. The lowest BCUT2D eigenvalue weighted by molar-refractivity contribution is 1.07. The predicted octanol–water partition coefficient (Wildman–Crippen LogP) is 15.5. The van der Waals surface area contributed by atoms with Crippen LogP contribution in [0.5, 0.6) is 0 Å². The lowest BCUT2D eigenvalue weighted by Crippen LogP contribution is -2.02. The fourth-order valence-electron chi connectivity index (χ4n) is 9.84. The van der Waals surface area contributed by atoms with Gasteiger partial charge in [0.05, 0.1) is 33.4 Å². The van der Waals surface area contributed by atoms with Crippen LogP contribution in [0.25, 0.3) is 123 Å². The first-order chi connectivity index (χ1) is 33.7. The lowest BCUT2D eigenvalue weighted by Gasteiger charge is -2.16. The Morgan fingerprint density at radius 3 is 1.24 bits per heavy atom. The standard InChI is InChI=1S/C62H40N6/c1-3-18-41(19-4-1)43-22-15-23-44(36-43)48-39-58(68-56-34-13-9-30-52(56)53-31-10-14-35-57(53)68)59(63-40-48)45-24-16-25-46(37-45)61-64-60(42-20-5-2-6-21-42)65-62(66-61)47-26-17-27-49(38-47)67-54-32-11-7-28-50(54)51-29-8-12-33-55(51)67/h1-40H. The molecule has 0 saturated heterocycles. The van der Waals surface area contributed by atoms with Crippen LogP contribution >= 0.6 is 0 Å². The number of hydrogen-bond donors (Lipinski definition) is 0. The Morgan fingerprint density at radius 1 is 0.265 bits per heavy atom. The molecular weight excluding hydrogens is 829 g/mol. The summed E-state index contributed by atoms with van der Waals surface area (Å²) in [6, 6.07) is 83.0. The average molecular weight is 869 g/mol. The Balaban J connectivity index is 0.979. The van der Waals surface area contributed by atoms with Crippen LogP contribution in [-0.4, -0.2) is 29.1 Å². The van der Waals surface area contributed by atoms with E-state index in [1.54, 1.807) is 0 Å². The molecule has 6 heteroatoms. The number of nitrogens with zero attached hydrogens (tertiary/aromatic N) is 6. The zero-order valence-corrected chi connectivity index (χ0v) is 36.8. The molecule has 4 aromatic heterocycles. The molecule has 13 aromatic rings. The number of rotatable bonds is 8. The first kappa shape index (κ1) is 39.1. The van der Waals surface area contributed by atoms with Gasteiger partial charge in [-0.15, -0.1) is 0 Å². The summed E-state index contributed by atoms with van der Waals surface area (Å²) in [5.74, 6) is 1.77. The largest absolute Gasteiger partial charge is 0.309 e. The molecule has 0 N–H and O–H groups in total. The molecule has 0 spiro atoms. The van der Waals surface area contributed by atoms with Gasteiger partial charge in [0.25, 0.3) is 0 Å². The molecule has 0 amide bonds. The van der Waals surface area contributed by atoms with Gasteiger partial charge in [-0.2, -0.15) is 0 Å². The van der Waals surface area contributed by atoms with Gasteiger partial charge in [0.1, 0.15) is 0 Å². The number of fused-ring (bicyclic) bond motifs is 6. The highest BCUT2D eigenvalue weighted by atomic mass is 15.0. The predicted molar refractivity (Wildman–Crippen MR) is 279 cm³/mol. The second-order valence-electron chi connectivity index (χ2n) is 17.1. The second kappa shape index (κ2) is 16.3. The van der Waals surface area contributed by atoms with E-state index in [2.05, 4.69) is 215 Å². The summed E-state index contributed by atoms with van der Waals surface area (Å²) in [4.78, 5) is 21.0. The summed E-state index contributed by atoms with van der Waals surface area (Å²) in [5.41, 5.74) is 15.4. The first-order valence-electron chi connectivity index (χ1n) is 22.9. The van der Waals surface area contributed by atoms with Crippen LogP contribution in [0, 0.1) is 0 Å². The van der Waals surface area contributed by atoms with E-state index in [9.17, 15) is 0 Å². The van der Waals surface area contributed by atoms with Crippen molar-refractivity contribution in [3.8, 4) is 79.0 Å². The van der Waals surface area contributed by atoms with Crippen molar-refractivity contribution in [2.75, 3.05) is 0 Å². The molecule has 318 valence electrons. The summed E-state index contributed by atoms with van der Waals surface area (Å²) in [6.45, 7) is 0. The minimum Gasteiger partial charge on any atom is -0.309 e. The van der Waals surface area contributed by atoms with E-state index in [0.717, 1.165) is 78.1 Å². The maximum Gasteiger partial charge on any atom is 0.164 e. The highest BCUT2D eigenvalue weighted by Gasteiger charge is 2.20. The van der Waals surface area contributed by atoms with Crippen molar-refractivity contribution in [2.24, 2.45) is 0 Å². The van der Waals surface area contributed by atoms with Crippen LogP contribution in [-0.2, 0) is 0 Å². The molecule has 4 heterocycles. The van der Waals surface area contributed by atoms with Crippen molar-refractivity contribution in [2.45, 2.75) is 0 Å². The van der Waals surface area contributed by atoms with E-state index >= 15 is 0 Å². The van der Waals surface area contributed by atoms with Gasteiger partial charge in [0.15, 0.2) is 17.5 Å². The van der Waals surface area contributed by atoms with Crippen molar-refractivity contribution in [3.63, 3.8) is 0 Å². The number of pyridine rings is 1. The number of benzene rings is 9. The van der Waals surface area contributed by atoms with E-state index < -0.39 is 0 Å². The second-order valence-corrected chi connectivity index (χ2v) is 17.1. The van der Waals surface area contributed by atoms with E-state index in [-0.39, 0.29) is 0 Å². The van der Waals surface area contributed by atoms with Crippen molar-refractivity contribution >= 4 is 43.6 Å². The summed E-state index contributed by atoms with van der Waals surface area (Å²) in [7, 11) is 0. The van der Waals surface area contributed by atoms with Crippen molar-refractivity contribution in [1.29, 1.82) is 0 Å². The molecule has 68 heavy (non-hydrogen) atoms. The highest BCUT2D eigenvalue weighted by Crippen LogP contribution is 2.39. The Bertz CT molecular complexity index is 3930. The zero-order valence-electron chi connectivity index (χ0n) is 36.8. The average Bonchev–Trinajstić information content (AvgIpc) is 3.94. The van der Waals surface area contributed by atoms with Crippen LogP contribution in [0.4, 0.5) is 0 Å². The maximum absolute atomic E-state index is 5.36. The van der Waals surface area contributed by atoms with Crippen LogP contribution in [0.2, 0.25) is 0 Å². The van der Waals surface area contributed by atoms with Crippen molar-refractivity contribution < 1.29 is 0 Å². The molecule has 0 bridgehead atoms. The topological polar surface area (TPSA) is 61.4 Å². The normalized spacial score (nSPS) is 11.5. The minimum atomic E-state index is 0.575. The van der Waals surface area contributed by atoms with Gasteiger partial charge in [0, 0.05) is 61.2 Å². The smallest absolute Gasteiger partial charge is 0.164 e. The molecule has 0 aliphatic heterocycles. The SMILES string of the molecule is c1ccc(-c2cccc(-c3cnc(-c4cccc(-c5nc(-c6ccccc6)nc(-c6cccc(-n7c8ccccc8c8ccccc87)c6)n5)c4)c(-n4c5ccccc5c5ccccc54)c3)c2)cc1. The highest BCUT2D eigenvalue weighted by molar-refractivity contribution is 6.10. The van der Waals surface area contributed by atoms with Gasteiger partial charge >= 0.3 is 0 Å². The molecule has 0 aliphatic rings. The Hall–Kier alpha value is -9.26. The molecule has 6 nitrogen and oxygen atoms in total. The minimum absolute atomic E-state index is 0.575. The Morgan fingerprint density at radius 2 is 0.662 bits per heavy atom. The van der Waals surface area contributed by atoms with E-state index in [0.29, 0.717) is 17.5 Å². The quantitative estimate of drug-likeness (QED) is 0.153. The van der Waals surface area contributed by atoms with Gasteiger partial charge in [-0.25, -0.2) is 15.0 Å². The Kier molecular flexibility index (Phi) is 9.39. The third-order valence-electron chi connectivity index (χ3n) is 13.0. The van der Waals surface area contributed by atoms with Crippen molar-refractivity contribution in [1.82, 2.24) is 29.1 Å². The van der Waals surface area contributed by atoms with Gasteiger partial charge in [-0.1, -0.05) is 182 Å². The maximum atomic E-state index is 5.36. The lowest BCUT2D eigenvalue weighted by atomic mass is 9.98. The van der Waals surface area contributed by atoms with Crippen LogP contribution in [0.1, 0.15) is 0 Å². The molecule has 0 unspecified atom stereocenters. The van der Waals surface area contributed by atoms with Crippen LogP contribution in [0.3, 0.4) is 0 Å². The fraction of sp³-hybridized carbons (Fsp3) is 0. The monoisotopic (exact) mass is 868 g/mol. The molecular formula is C62H40N6. The van der Waals surface area contributed by atoms with Gasteiger partial charge in [0.2, 0.25) is 0 Å². The molecule has 0 aliphatic carbocycles. The van der Waals surface area contributed by atoms with Gasteiger partial charge in [-0.05, 0) is 71.3 Å². The van der Waals surface area contributed by atoms with E-state index in [1.165, 1.54) is 27.1 Å². The molecule has 0 fully saturated rings. The molecule has 0 radical (unpaired) electrons. The summed E-state index contributed by atoms with van der Waals surface area (Å²) < 4.78 is 4.69. The molecule has 0 saturated carbocycles. The number of aromatic nitrogens is 6. The van der Waals surface area contributed by atoms with E-state index in [1.807, 2.05) is 36.5 Å². The van der Waals surface area contributed by atoms with E-state index in [4.69, 9.17) is 19.9 Å². The fourth-order valence-corrected chi connectivity index (χ4v) is 9.84. The number of para-hydroxylation sites is 4. The van der Waals surface area contributed by atoms with Gasteiger partial charge < -0.3 is 9.13 Å². The van der Waals surface area contributed by atoms with Crippen molar-refractivity contribution in [3.05, 3.63) is 243 Å². The molecule has 0 atom stereocenters. The van der Waals surface area contributed by atoms with Crippen LogP contribution in [0.15, 0.2) is 243 Å². The molecule has 9 aromatic carbocycles. The van der Waals surface area contributed by atoms with Crippen LogP contribution < -0.4 is 0 Å².